The van der Waals surface area contributed by atoms with E-state index in [2.05, 4.69) is 34.7 Å². The average molecular weight is 274 g/mol. The van der Waals surface area contributed by atoms with Crippen molar-refractivity contribution in [3.05, 3.63) is 0 Å². The molecule has 98 valence electrons. The number of unbranched alkanes of at least 4 members (excludes halogenated alkanes) is 2. The van der Waals surface area contributed by atoms with Gasteiger partial charge in [0.25, 0.3) is 0 Å². The summed E-state index contributed by atoms with van der Waals surface area (Å²) in [6.07, 6.45) is 4.81. The molecule has 0 aromatic carbocycles. The van der Waals surface area contributed by atoms with E-state index in [1.807, 2.05) is 0 Å². The molecule has 0 aliphatic carbocycles. The fourth-order valence-electron chi connectivity index (χ4n) is 1.73. The first-order valence-corrected chi connectivity index (χ1v) is 7.11. The Morgan fingerprint density at radius 2 is 1.47 bits per heavy atom. The van der Waals surface area contributed by atoms with Crippen molar-refractivity contribution in [3.8, 4) is 0 Å². The first-order valence-electron chi connectivity index (χ1n) is 6.29. The third kappa shape index (κ3) is 5.14. The molecule has 1 fully saturated rings. The van der Waals surface area contributed by atoms with Crippen LogP contribution in [0.2, 0.25) is 0 Å². The van der Waals surface area contributed by atoms with Gasteiger partial charge < -0.3 is 16.0 Å². The van der Waals surface area contributed by atoms with Crippen LogP contribution in [0.15, 0.2) is 0 Å². The molecule has 0 saturated carbocycles. The number of nitrogens with one attached hydrogen (secondary N) is 3. The molecule has 0 unspecified atom stereocenters. The molecule has 0 aromatic rings. The summed E-state index contributed by atoms with van der Waals surface area (Å²) < 4.78 is 0. The van der Waals surface area contributed by atoms with Gasteiger partial charge in [0, 0.05) is 13.1 Å². The van der Waals surface area contributed by atoms with Crippen LogP contribution >= 0.6 is 24.4 Å². The highest BCUT2D eigenvalue weighted by molar-refractivity contribution is 7.81. The number of thiocarbonyl (C=S) groups is 2. The van der Waals surface area contributed by atoms with Crippen LogP contribution < -0.4 is 16.0 Å². The first-order chi connectivity index (χ1) is 8.17. The van der Waals surface area contributed by atoms with Gasteiger partial charge in [-0.25, -0.2) is 0 Å². The maximum absolute atomic E-state index is 5.13. The predicted molar refractivity (Wildman–Crippen MR) is 79.8 cm³/mol. The summed E-state index contributed by atoms with van der Waals surface area (Å²) in [5.41, 5.74) is 0. The molecule has 0 amide bonds. The van der Waals surface area contributed by atoms with Crippen LogP contribution in [-0.4, -0.2) is 34.5 Å². The second-order valence-corrected chi connectivity index (χ2v) is 5.03. The van der Waals surface area contributed by atoms with E-state index in [-0.39, 0.29) is 6.29 Å². The van der Waals surface area contributed by atoms with E-state index in [9.17, 15) is 0 Å². The Kier molecular flexibility index (Phi) is 6.69. The van der Waals surface area contributed by atoms with Crippen molar-refractivity contribution in [2.75, 3.05) is 13.1 Å². The van der Waals surface area contributed by atoms with Crippen LogP contribution in [0.3, 0.4) is 0 Å². The third-order valence-corrected chi connectivity index (χ3v) is 3.17. The molecule has 1 aliphatic heterocycles. The van der Waals surface area contributed by atoms with Gasteiger partial charge in [-0.2, -0.15) is 0 Å². The van der Waals surface area contributed by atoms with Crippen LogP contribution in [0.25, 0.3) is 0 Å². The monoisotopic (exact) mass is 274 g/mol. The molecule has 6 heteroatoms. The van der Waals surface area contributed by atoms with Crippen molar-refractivity contribution in [1.29, 1.82) is 0 Å². The molecular weight excluding hydrogens is 252 g/mol. The van der Waals surface area contributed by atoms with Gasteiger partial charge in [-0.3, -0.25) is 4.90 Å². The van der Waals surface area contributed by atoms with Gasteiger partial charge in [0.15, 0.2) is 16.5 Å². The van der Waals surface area contributed by atoms with E-state index in [0.29, 0.717) is 10.2 Å². The lowest BCUT2D eigenvalue weighted by Gasteiger charge is -2.37. The lowest BCUT2D eigenvalue weighted by Crippen LogP contribution is -2.67. The minimum absolute atomic E-state index is 0.0364. The highest BCUT2D eigenvalue weighted by atomic mass is 32.1. The number of hydrogen-bond donors (Lipinski definition) is 3. The molecule has 4 nitrogen and oxygen atoms in total. The van der Waals surface area contributed by atoms with Crippen molar-refractivity contribution in [2.24, 2.45) is 0 Å². The van der Waals surface area contributed by atoms with E-state index in [1.165, 1.54) is 25.7 Å². The standard InChI is InChI=1S/C11H22N4S2/c1-3-5-7-15(8-6-4-2)9-12-10(16)14-11(17)13-9/h9H,3-8H2,1-2H3,(H3,12,13,14,16,17). The summed E-state index contributed by atoms with van der Waals surface area (Å²) in [6, 6.07) is 0. The number of nitrogens with zero attached hydrogens (tertiary/aromatic N) is 1. The Labute approximate surface area is 115 Å². The Morgan fingerprint density at radius 1 is 1.00 bits per heavy atom. The molecule has 1 rings (SSSR count). The SMILES string of the molecule is CCCCN(CCCC)C1NC(=S)NC(=S)N1. The highest BCUT2D eigenvalue weighted by Gasteiger charge is 2.23. The molecule has 1 aliphatic rings. The number of hydrogen-bond acceptors (Lipinski definition) is 3. The van der Waals surface area contributed by atoms with E-state index in [0.717, 1.165) is 13.1 Å². The lowest BCUT2D eigenvalue weighted by atomic mass is 10.2. The summed E-state index contributed by atoms with van der Waals surface area (Å²) >= 11 is 10.3. The van der Waals surface area contributed by atoms with Crippen LogP contribution in [0.1, 0.15) is 39.5 Å². The van der Waals surface area contributed by atoms with E-state index >= 15 is 0 Å². The van der Waals surface area contributed by atoms with Crippen molar-refractivity contribution in [2.45, 2.75) is 45.8 Å². The van der Waals surface area contributed by atoms with Gasteiger partial charge in [0.1, 0.15) is 0 Å². The maximum Gasteiger partial charge on any atom is 0.175 e. The number of rotatable bonds is 7. The molecule has 1 saturated heterocycles. The smallest absolute Gasteiger partial charge is 0.175 e. The zero-order valence-corrected chi connectivity index (χ0v) is 12.2. The minimum Gasteiger partial charge on any atom is -0.330 e. The average Bonchev–Trinajstić information content (AvgIpc) is 2.28. The maximum atomic E-state index is 5.13. The van der Waals surface area contributed by atoms with Gasteiger partial charge in [-0.05, 0) is 37.3 Å². The van der Waals surface area contributed by atoms with E-state index in [4.69, 9.17) is 24.4 Å². The van der Waals surface area contributed by atoms with Gasteiger partial charge in [-0.15, -0.1) is 0 Å². The molecule has 0 atom stereocenters. The summed E-state index contributed by atoms with van der Waals surface area (Å²) in [6.45, 7) is 6.53. The van der Waals surface area contributed by atoms with Gasteiger partial charge in [0.05, 0.1) is 0 Å². The second-order valence-electron chi connectivity index (χ2n) is 4.22. The summed E-state index contributed by atoms with van der Waals surface area (Å²) in [5.74, 6) is 0. The summed E-state index contributed by atoms with van der Waals surface area (Å²) in [5, 5.41) is 10.5. The molecule has 3 N–H and O–H groups in total. The molecule has 17 heavy (non-hydrogen) atoms. The van der Waals surface area contributed by atoms with Gasteiger partial charge in [-0.1, -0.05) is 26.7 Å². The van der Waals surface area contributed by atoms with Gasteiger partial charge >= 0.3 is 0 Å². The largest absolute Gasteiger partial charge is 0.330 e. The Balaban J connectivity index is 2.53. The molecule has 0 aromatic heterocycles. The fourth-order valence-corrected chi connectivity index (χ4v) is 2.23. The minimum atomic E-state index is 0.0364. The fraction of sp³-hybridized carbons (Fsp3) is 0.818. The zero-order valence-electron chi connectivity index (χ0n) is 10.6. The summed E-state index contributed by atoms with van der Waals surface area (Å²) in [7, 11) is 0. The Morgan fingerprint density at radius 3 is 1.88 bits per heavy atom. The zero-order chi connectivity index (χ0) is 12.7. The topological polar surface area (TPSA) is 39.3 Å². The van der Waals surface area contributed by atoms with Crippen LogP contribution in [0, 0.1) is 0 Å². The second kappa shape index (κ2) is 7.79. The first kappa shape index (κ1) is 14.6. The van der Waals surface area contributed by atoms with Crippen molar-refractivity contribution in [1.82, 2.24) is 20.9 Å². The van der Waals surface area contributed by atoms with Crippen molar-refractivity contribution < 1.29 is 0 Å². The third-order valence-electron chi connectivity index (χ3n) is 2.73. The van der Waals surface area contributed by atoms with Crippen LogP contribution in [0.4, 0.5) is 0 Å². The molecule has 1 heterocycles. The van der Waals surface area contributed by atoms with E-state index < -0.39 is 0 Å². The van der Waals surface area contributed by atoms with Crippen LogP contribution in [0.5, 0.6) is 0 Å². The normalized spacial score (nSPS) is 16.6. The van der Waals surface area contributed by atoms with E-state index in [1.54, 1.807) is 0 Å². The van der Waals surface area contributed by atoms with Crippen molar-refractivity contribution >= 4 is 34.7 Å². The highest BCUT2D eigenvalue weighted by Crippen LogP contribution is 2.03. The Hall–Kier alpha value is -0.460. The van der Waals surface area contributed by atoms with Crippen molar-refractivity contribution in [3.63, 3.8) is 0 Å². The molecule has 0 bridgehead atoms. The molecular formula is C11H22N4S2. The quantitative estimate of drug-likeness (QED) is 0.612. The van der Waals surface area contributed by atoms with Gasteiger partial charge in [0.2, 0.25) is 0 Å². The summed E-state index contributed by atoms with van der Waals surface area (Å²) in [4.78, 5) is 2.37. The Bertz CT molecular complexity index is 246. The predicted octanol–water partition coefficient (Wildman–Crippen LogP) is 1.52. The molecule has 0 spiro atoms. The van der Waals surface area contributed by atoms with Crippen LogP contribution in [-0.2, 0) is 0 Å². The lowest BCUT2D eigenvalue weighted by molar-refractivity contribution is 0.161. The molecule has 0 radical (unpaired) electrons.